The molecule has 3 heteroatoms. The smallest absolute Gasteiger partial charge is 0.186 e. The first kappa shape index (κ1) is 12.0. The van der Waals surface area contributed by atoms with Crippen LogP contribution in [0, 0.1) is 13.8 Å². The Morgan fingerprint density at radius 2 is 2.20 bits per heavy atom. The quantitative estimate of drug-likeness (QED) is 0.786. The van der Waals surface area contributed by atoms with Crippen molar-refractivity contribution < 1.29 is 4.79 Å². The number of rotatable bonds is 3. The van der Waals surface area contributed by atoms with Gasteiger partial charge in [0, 0.05) is 24.1 Å². The fourth-order valence-electron chi connectivity index (χ4n) is 1.21. The standard InChI is InChI=1S/C12H15NOS/c1-9-6-7-12(10(2)13-9)5-4-8-15-11(3)14/h4-7H,8H2,1-3H3. The largest absolute Gasteiger partial charge is 0.288 e. The minimum absolute atomic E-state index is 0.151. The highest BCUT2D eigenvalue weighted by Gasteiger charge is 1.95. The number of hydrogen-bond donors (Lipinski definition) is 0. The number of nitrogens with zero attached hydrogens (tertiary/aromatic N) is 1. The Balaban J connectivity index is 2.60. The van der Waals surface area contributed by atoms with Crippen LogP contribution < -0.4 is 0 Å². The third kappa shape index (κ3) is 4.30. The molecule has 0 aliphatic carbocycles. The van der Waals surface area contributed by atoms with E-state index >= 15 is 0 Å². The predicted octanol–water partition coefficient (Wildman–Crippen LogP) is 2.99. The molecule has 0 aliphatic rings. The van der Waals surface area contributed by atoms with Crippen molar-refractivity contribution in [3.05, 3.63) is 35.2 Å². The second-order valence-corrected chi connectivity index (χ2v) is 4.53. The van der Waals surface area contributed by atoms with Crippen LogP contribution in [0.1, 0.15) is 23.9 Å². The molecule has 1 aromatic heterocycles. The summed E-state index contributed by atoms with van der Waals surface area (Å²) in [7, 11) is 0. The fourth-order valence-corrected chi connectivity index (χ4v) is 1.64. The summed E-state index contributed by atoms with van der Waals surface area (Å²) >= 11 is 1.31. The summed E-state index contributed by atoms with van der Waals surface area (Å²) in [5, 5.41) is 0.151. The van der Waals surface area contributed by atoms with Gasteiger partial charge in [-0.15, -0.1) is 0 Å². The highest BCUT2D eigenvalue weighted by atomic mass is 32.2. The Morgan fingerprint density at radius 1 is 1.47 bits per heavy atom. The van der Waals surface area contributed by atoms with Gasteiger partial charge in [-0.25, -0.2) is 0 Å². The number of aryl methyl sites for hydroxylation is 2. The highest BCUT2D eigenvalue weighted by molar-refractivity contribution is 8.13. The predicted molar refractivity (Wildman–Crippen MR) is 65.9 cm³/mol. The lowest BCUT2D eigenvalue weighted by Crippen LogP contribution is -1.89. The van der Waals surface area contributed by atoms with Gasteiger partial charge >= 0.3 is 0 Å². The maximum atomic E-state index is 10.7. The molecule has 1 aromatic rings. The normalized spacial score (nSPS) is 10.9. The van der Waals surface area contributed by atoms with Crippen molar-refractivity contribution in [1.82, 2.24) is 4.98 Å². The van der Waals surface area contributed by atoms with Crippen LogP contribution in [0.15, 0.2) is 18.2 Å². The molecule has 2 nitrogen and oxygen atoms in total. The van der Waals surface area contributed by atoms with Crippen LogP contribution in [0.3, 0.4) is 0 Å². The summed E-state index contributed by atoms with van der Waals surface area (Å²) in [5.41, 5.74) is 3.17. The summed E-state index contributed by atoms with van der Waals surface area (Å²) < 4.78 is 0. The van der Waals surface area contributed by atoms with E-state index < -0.39 is 0 Å². The van der Waals surface area contributed by atoms with E-state index in [-0.39, 0.29) is 5.12 Å². The molecular weight excluding hydrogens is 206 g/mol. The molecule has 0 saturated heterocycles. The molecule has 0 amide bonds. The lowest BCUT2D eigenvalue weighted by Gasteiger charge is -2.00. The zero-order valence-corrected chi connectivity index (χ0v) is 10.1. The molecule has 0 aliphatic heterocycles. The van der Waals surface area contributed by atoms with Gasteiger partial charge in [-0.1, -0.05) is 30.0 Å². The van der Waals surface area contributed by atoms with Gasteiger partial charge in [0.25, 0.3) is 0 Å². The highest BCUT2D eigenvalue weighted by Crippen LogP contribution is 2.09. The minimum atomic E-state index is 0.151. The molecule has 1 heterocycles. The molecule has 15 heavy (non-hydrogen) atoms. The average Bonchev–Trinajstić information content (AvgIpc) is 2.14. The van der Waals surface area contributed by atoms with Gasteiger partial charge in [0.15, 0.2) is 5.12 Å². The topological polar surface area (TPSA) is 30.0 Å². The van der Waals surface area contributed by atoms with Gasteiger partial charge in [0.2, 0.25) is 0 Å². The first-order chi connectivity index (χ1) is 7.09. The molecular formula is C12H15NOS. The minimum Gasteiger partial charge on any atom is -0.288 e. The molecule has 0 bridgehead atoms. The van der Waals surface area contributed by atoms with E-state index in [4.69, 9.17) is 0 Å². The van der Waals surface area contributed by atoms with Gasteiger partial charge in [0.05, 0.1) is 0 Å². The molecule has 0 N–H and O–H groups in total. The van der Waals surface area contributed by atoms with Crippen molar-refractivity contribution in [3.63, 3.8) is 0 Å². The number of aromatic nitrogens is 1. The first-order valence-corrected chi connectivity index (χ1v) is 5.82. The zero-order chi connectivity index (χ0) is 11.3. The van der Waals surface area contributed by atoms with Crippen molar-refractivity contribution in [1.29, 1.82) is 0 Å². The summed E-state index contributed by atoms with van der Waals surface area (Å²) in [6, 6.07) is 4.04. The van der Waals surface area contributed by atoms with Crippen LogP contribution >= 0.6 is 11.8 Å². The Bertz CT molecular complexity index is 385. The van der Waals surface area contributed by atoms with Gasteiger partial charge in [-0.2, -0.15) is 0 Å². The van der Waals surface area contributed by atoms with Gasteiger partial charge in [0.1, 0.15) is 0 Å². The summed E-state index contributed by atoms with van der Waals surface area (Å²) in [4.78, 5) is 15.0. The Morgan fingerprint density at radius 3 is 2.80 bits per heavy atom. The zero-order valence-electron chi connectivity index (χ0n) is 9.28. The second-order valence-electron chi connectivity index (χ2n) is 3.33. The van der Waals surface area contributed by atoms with Crippen molar-refractivity contribution in [2.45, 2.75) is 20.8 Å². The third-order valence-electron chi connectivity index (χ3n) is 1.95. The van der Waals surface area contributed by atoms with Crippen LogP contribution in [0.25, 0.3) is 6.08 Å². The van der Waals surface area contributed by atoms with Gasteiger partial charge in [-0.05, 0) is 25.5 Å². The van der Waals surface area contributed by atoms with Crippen LogP contribution in [0.2, 0.25) is 0 Å². The average molecular weight is 221 g/mol. The number of carbonyl (C=O) groups excluding carboxylic acids is 1. The first-order valence-electron chi connectivity index (χ1n) is 4.84. The number of carbonyl (C=O) groups is 1. The van der Waals surface area contributed by atoms with E-state index in [1.54, 1.807) is 6.92 Å². The van der Waals surface area contributed by atoms with E-state index in [0.29, 0.717) is 0 Å². The molecule has 0 unspecified atom stereocenters. The van der Waals surface area contributed by atoms with Crippen LogP contribution in [-0.2, 0) is 4.79 Å². The van der Waals surface area contributed by atoms with E-state index in [1.807, 2.05) is 38.1 Å². The monoisotopic (exact) mass is 221 g/mol. The number of pyridine rings is 1. The molecule has 0 fully saturated rings. The van der Waals surface area contributed by atoms with Crippen LogP contribution in [-0.4, -0.2) is 15.9 Å². The maximum absolute atomic E-state index is 10.7. The van der Waals surface area contributed by atoms with Crippen molar-refractivity contribution in [2.24, 2.45) is 0 Å². The van der Waals surface area contributed by atoms with E-state index in [2.05, 4.69) is 4.98 Å². The van der Waals surface area contributed by atoms with E-state index in [0.717, 1.165) is 22.7 Å². The fraction of sp³-hybridized carbons (Fsp3) is 0.333. The Labute approximate surface area is 94.8 Å². The van der Waals surface area contributed by atoms with Crippen molar-refractivity contribution in [2.75, 3.05) is 5.75 Å². The Hall–Kier alpha value is -1.09. The number of thioether (sulfide) groups is 1. The molecule has 80 valence electrons. The summed E-state index contributed by atoms with van der Waals surface area (Å²) in [6.07, 6.45) is 4.00. The molecule has 0 atom stereocenters. The summed E-state index contributed by atoms with van der Waals surface area (Å²) in [5.74, 6) is 0.725. The lowest BCUT2D eigenvalue weighted by molar-refractivity contribution is -0.109. The summed E-state index contributed by atoms with van der Waals surface area (Å²) in [6.45, 7) is 5.55. The molecule has 0 aromatic carbocycles. The van der Waals surface area contributed by atoms with E-state index in [9.17, 15) is 4.79 Å². The second kappa shape index (κ2) is 5.71. The van der Waals surface area contributed by atoms with Crippen molar-refractivity contribution >= 4 is 23.0 Å². The third-order valence-corrected chi connectivity index (χ3v) is 2.71. The molecule has 0 spiro atoms. The van der Waals surface area contributed by atoms with Crippen LogP contribution in [0.4, 0.5) is 0 Å². The molecule has 0 radical (unpaired) electrons. The van der Waals surface area contributed by atoms with E-state index in [1.165, 1.54) is 11.8 Å². The van der Waals surface area contributed by atoms with Gasteiger partial charge in [-0.3, -0.25) is 9.78 Å². The molecule has 0 saturated carbocycles. The Kier molecular flexibility index (Phi) is 4.56. The molecule has 1 rings (SSSR count). The lowest BCUT2D eigenvalue weighted by atomic mass is 10.2. The number of hydrogen-bond acceptors (Lipinski definition) is 3. The maximum Gasteiger partial charge on any atom is 0.186 e. The SMILES string of the molecule is CC(=O)SCC=Cc1ccc(C)nc1C. The van der Waals surface area contributed by atoms with Crippen molar-refractivity contribution in [3.8, 4) is 0 Å². The van der Waals surface area contributed by atoms with Gasteiger partial charge < -0.3 is 0 Å². The van der Waals surface area contributed by atoms with Crippen LogP contribution in [0.5, 0.6) is 0 Å².